The number of nitrogens with zero attached hydrogens (tertiary/aromatic N) is 4. The Kier molecular flexibility index (Phi) is 5.49. The largest absolute Gasteiger partial charge is 0.466 e. The number of rotatable bonds is 5. The topological polar surface area (TPSA) is 108 Å². The Morgan fingerprint density at radius 2 is 2.07 bits per heavy atom. The number of imidazole rings is 1. The SMILES string of the molecule is CCOC(=O)C1CCN(C(=O)c2ccc(-n3ccnc3)c([N+](=O)[O-])c2)CC1. The van der Waals surface area contributed by atoms with Crippen LogP contribution in [0.25, 0.3) is 5.69 Å². The van der Waals surface area contributed by atoms with Crippen LogP contribution >= 0.6 is 0 Å². The number of amides is 1. The average Bonchev–Trinajstić information content (AvgIpc) is 3.22. The van der Waals surface area contributed by atoms with Crippen molar-refractivity contribution < 1.29 is 19.2 Å². The second kappa shape index (κ2) is 7.98. The quantitative estimate of drug-likeness (QED) is 0.452. The van der Waals surface area contributed by atoms with Gasteiger partial charge in [0.05, 0.1) is 23.8 Å². The molecule has 0 atom stereocenters. The number of carbonyl (C=O) groups excluding carboxylic acids is 2. The second-order valence-corrected chi connectivity index (χ2v) is 6.25. The molecule has 9 nitrogen and oxygen atoms in total. The summed E-state index contributed by atoms with van der Waals surface area (Å²) >= 11 is 0. The van der Waals surface area contributed by atoms with Gasteiger partial charge < -0.3 is 14.2 Å². The Morgan fingerprint density at radius 1 is 1.33 bits per heavy atom. The predicted molar refractivity (Wildman–Crippen MR) is 95.5 cm³/mol. The van der Waals surface area contributed by atoms with Crippen LogP contribution in [0.1, 0.15) is 30.1 Å². The van der Waals surface area contributed by atoms with Crippen LogP contribution in [0.15, 0.2) is 36.9 Å². The van der Waals surface area contributed by atoms with Crippen molar-refractivity contribution in [3.8, 4) is 5.69 Å². The molecule has 27 heavy (non-hydrogen) atoms. The van der Waals surface area contributed by atoms with Crippen molar-refractivity contribution in [2.75, 3.05) is 19.7 Å². The first-order chi connectivity index (χ1) is 13.0. The van der Waals surface area contributed by atoms with Gasteiger partial charge in [-0.15, -0.1) is 0 Å². The number of esters is 1. The molecule has 9 heteroatoms. The molecule has 2 aromatic rings. The monoisotopic (exact) mass is 372 g/mol. The third-order valence-corrected chi connectivity index (χ3v) is 4.60. The van der Waals surface area contributed by atoms with Crippen molar-refractivity contribution in [2.24, 2.45) is 5.92 Å². The van der Waals surface area contributed by atoms with E-state index in [2.05, 4.69) is 4.98 Å². The maximum absolute atomic E-state index is 12.7. The number of ether oxygens (including phenoxy) is 1. The summed E-state index contributed by atoms with van der Waals surface area (Å²) in [4.78, 5) is 41.0. The lowest BCUT2D eigenvalue weighted by molar-refractivity contribution is -0.384. The van der Waals surface area contributed by atoms with Crippen LogP contribution in [0.2, 0.25) is 0 Å². The highest BCUT2D eigenvalue weighted by molar-refractivity contribution is 5.95. The van der Waals surface area contributed by atoms with Crippen LogP contribution in [-0.2, 0) is 9.53 Å². The fourth-order valence-corrected chi connectivity index (χ4v) is 3.18. The Morgan fingerprint density at radius 3 is 2.67 bits per heavy atom. The zero-order valence-electron chi connectivity index (χ0n) is 14.9. The molecule has 0 N–H and O–H groups in total. The molecule has 1 aromatic heterocycles. The molecule has 0 aliphatic carbocycles. The Labute approximate surface area is 155 Å². The predicted octanol–water partition coefficient (Wildman–Crippen LogP) is 2.20. The van der Waals surface area contributed by atoms with Crippen molar-refractivity contribution in [3.63, 3.8) is 0 Å². The van der Waals surface area contributed by atoms with Gasteiger partial charge in [0.1, 0.15) is 5.69 Å². The minimum atomic E-state index is -0.515. The van der Waals surface area contributed by atoms with Crippen LogP contribution in [0, 0.1) is 16.0 Å². The van der Waals surface area contributed by atoms with Crippen LogP contribution < -0.4 is 0 Å². The van der Waals surface area contributed by atoms with Crippen molar-refractivity contribution in [1.82, 2.24) is 14.5 Å². The molecular weight excluding hydrogens is 352 g/mol. The average molecular weight is 372 g/mol. The first-order valence-corrected chi connectivity index (χ1v) is 8.74. The van der Waals surface area contributed by atoms with Crippen molar-refractivity contribution in [3.05, 3.63) is 52.6 Å². The lowest BCUT2D eigenvalue weighted by Crippen LogP contribution is -2.40. The van der Waals surface area contributed by atoms with E-state index in [9.17, 15) is 19.7 Å². The lowest BCUT2D eigenvalue weighted by Gasteiger charge is -2.31. The number of hydrogen-bond donors (Lipinski definition) is 0. The van der Waals surface area contributed by atoms with Gasteiger partial charge in [-0.2, -0.15) is 0 Å². The summed E-state index contributed by atoms with van der Waals surface area (Å²) in [6, 6.07) is 4.40. The van der Waals surface area contributed by atoms with E-state index < -0.39 is 4.92 Å². The standard InChI is InChI=1S/C18H20N4O5/c1-2-27-18(24)13-5-8-20(9-6-13)17(23)14-3-4-15(16(11-14)22(25)26)21-10-7-19-12-21/h3-4,7,10-13H,2,5-6,8-9H2,1H3. The first kappa shape index (κ1) is 18.6. The van der Waals surface area contributed by atoms with Gasteiger partial charge in [0.15, 0.2) is 0 Å². The minimum Gasteiger partial charge on any atom is -0.466 e. The van der Waals surface area contributed by atoms with E-state index >= 15 is 0 Å². The maximum atomic E-state index is 12.7. The van der Waals surface area contributed by atoms with Crippen LogP contribution in [0.4, 0.5) is 5.69 Å². The molecule has 1 fully saturated rings. The molecule has 0 saturated carbocycles. The van der Waals surface area contributed by atoms with Gasteiger partial charge in [-0.1, -0.05) is 0 Å². The summed E-state index contributed by atoms with van der Waals surface area (Å²) in [5.41, 5.74) is 0.426. The fraction of sp³-hybridized carbons (Fsp3) is 0.389. The van der Waals surface area contributed by atoms with Gasteiger partial charge in [0, 0.05) is 37.1 Å². The van der Waals surface area contributed by atoms with E-state index in [-0.39, 0.29) is 29.0 Å². The molecule has 1 aliphatic heterocycles. The van der Waals surface area contributed by atoms with E-state index in [1.54, 1.807) is 30.2 Å². The molecule has 0 spiro atoms. The van der Waals surface area contributed by atoms with Gasteiger partial charge in [-0.3, -0.25) is 19.7 Å². The molecule has 1 saturated heterocycles. The van der Waals surface area contributed by atoms with Gasteiger partial charge in [0.25, 0.3) is 11.6 Å². The number of benzene rings is 1. The number of hydrogen-bond acceptors (Lipinski definition) is 6. The molecule has 142 valence electrons. The molecule has 3 rings (SSSR count). The van der Waals surface area contributed by atoms with E-state index in [4.69, 9.17) is 4.74 Å². The minimum absolute atomic E-state index is 0.166. The highest BCUT2D eigenvalue weighted by Gasteiger charge is 2.29. The van der Waals surface area contributed by atoms with Crippen LogP contribution in [-0.4, -0.2) is 50.9 Å². The van der Waals surface area contributed by atoms with E-state index in [0.29, 0.717) is 38.2 Å². The van der Waals surface area contributed by atoms with Gasteiger partial charge in [-0.05, 0) is 31.9 Å². The number of likely N-dealkylation sites (tertiary alicyclic amines) is 1. The molecular formula is C18H20N4O5. The second-order valence-electron chi connectivity index (χ2n) is 6.25. The zero-order chi connectivity index (χ0) is 19.4. The Balaban J connectivity index is 1.75. The van der Waals surface area contributed by atoms with E-state index in [0.717, 1.165) is 0 Å². The molecule has 2 heterocycles. The Bertz CT molecular complexity index is 841. The number of nitro benzene ring substituents is 1. The summed E-state index contributed by atoms with van der Waals surface area (Å²) in [6.45, 7) is 2.93. The molecule has 0 bridgehead atoms. The van der Waals surface area contributed by atoms with Crippen molar-refractivity contribution in [2.45, 2.75) is 19.8 Å². The van der Waals surface area contributed by atoms with E-state index in [1.807, 2.05) is 0 Å². The summed E-state index contributed by atoms with van der Waals surface area (Å²) in [5, 5.41) is 11.4. The highest BCUT2D eigenvalue weighted by Crippen LogP contribution is 2.26. The maximum Gasteiger partial charge on any atom is 0.309 e. The van der Waals surface area contributed by atoms with Gasteiger partial charge in [-0.25, -0.2) is 4.98 Å². The third kappa shape index (κ3) is 3.97. The van der Waals surface area contributed by atoms with Gasteiger partial charge >= 0.3 is 5.97 Å². The van der Waals surface area contributed by atoms with Gasteiger partial charge in [0.2, 0.25) is 0 Å². The summed E-state index contributed by atoms with van der Waals surface area (Å²) < 4.78 is 6.55. The van der Waals surface area contributed by atoms with Crippen molar-refractivity contribution >= 4 is 17.6 Å². The summed E-state index contributed by atoms with van der Waals surface area (Å²) in [6.07, 6.45) is 5.64. The number of piperidine rings is 1. The lowest BCUT2D eigenvalue weighted by atomic mass is 9.96. The smallest absolute Gasteiger partial charge is 0.309 e. The Hall–Kier alpha value is -3.23. The molecule has 1 amide bonds. The summed E-state index contributed by atoms with van der Waals surface area (Å²) in [7, 11) is 0. The van der Waals surface area contributed by atoms with Crippen molar-refractivity contribution in [1.29, 1.82) is 0 Å². The van der Waals surface area contributed by atoms with Crippen LogP contribution in [0.3, 0.4) is 0 Å². The number of carbonyl (C=O) groups is 2. The number of aromatic nitrogens is 2. The normalized spacial score (nSPS) is 14.8. The first-order valence-electron chi connectivity index (χ1n) is 8.74. The zero-order valence-corrected chi connectivity index (χ0v) is 14.9. The van der Waals surface area contributed by atoms with E-state index in [1.165, 1.54) is 23.2 Å². The highest BCUT2D eigenvalue weighted by atomic mass is 16.6. The number of nitro groups is 1. The fourth-order valence-electron chi connectivity index (χ4n) is 3.18. The third-order valence-electron chi connectivity index (χ3n) is 4.60. The summed E-state index contributed by atoms with van der Waals surface area (Å²) in [5.74, 6) is -0.713. The molecule has 0 radical (unpaired) electrons. The molecule has 1 aliphatic rings. The van der Waals surface area contributed by atoms with Crippen LogP contribution in [0.5, 0.6) is 0 Å². The molecule has 1 aromatic carbocycles. The molecule has 0 unspecified atom stereocenters.